The Bertz CT molecular complexity index is 350. The van der Waals surface area contributed by atoms with Crippen molar-refractivity contribution in [2.24, 2.45) is 0 Å². The molecule has 0 aromatic rings. The van der Waals surface area contributed by atoms with Gasteiger partial charge in [0.1, 0.15) is 0 Å². The second-order valence-corrected chi connectivity index (χ2v) is 9.29. The Kier molecular flexibility index (Phi) is 26.9. The molecule has 0 atom stereocenters. The van der Waals surface area contributed by atoms with E-state index in [0.717, 1.165) is 25.9 Å². The van der Waals surface area contributed by atoms with Crippen LogP contribution in [0.15, 0.2) is 0 Å². The van der Waals surface area contributed by atoms with E-state index in [1.807, 2.05) is 0 Å². The molecule has 0 saturated carbocycles. The van der Waals surface area contributed by atoms with Crippen molar-refractivity contribution in [3.63, 3.8) is 0 Å². The minimum atomic E-state index is 0.172. The summed E-state index contributed by atoms with van der Waals surface area (Å²) in [5, 5.41) is 14.8. The van der Waals surface area contributed by atoms with Crippen molar-refractivity contribution in [2.45, 2.75) is 142 Å². The maximum atomic E-state index is 11.7. The zero-order valence-corrected chi connectivity index (χ0v) is 21.0. The third-order valence-corrected chi connectivity index (χ3v) is 6.15. The van der Waals surface area contributed by atoms with Crippen LogP contribution in [0.3, 0.4) is 0 Å². The Morgan fingerprint density at radius 1 is 0.548 bits per heavy atom. The summed E-state index contributed by atoms with van der Waals surface area (Å²) < 4.78 is 0. The molecule has 1 amide bonds. The lowest BCUT2D eigenvalue weighted by Crippen LogP contribution is -2.27. The number of amides is 1. The van der Waals surface area contributed by atoms with E-state index >= 15 is 0 Å². The normalized spacial score (nSPS) is 11.2. The van der Waals surface area contributed by atoms with E-state index in [1.165, 1.54) is 116 Å². The quantitative estimate of drug-likeness (QED) is 0.128. The van der Waals surface area contributed by atoms with Gasteiger partial charge in [-0.3, -0.25) is 4.79 Å². The summed E-state index contributed by atoms with van der Waals surface area (Å²) in [5.74, 6) is 0.189. The summed E-state index contributed by atoms with van der Waals surface area (Å²) in [6, 6.07) is 0. The number of carbonyl (C=O) groups is 1. The zero-order chi connectivity index (χ0) is 22.7. The fraction of sp³-hybridized carbons (Fsp3) is 0.963. The number of hydrogen-bond acceptors (Lipinski definition) is 3. The van der Waals surface area contributed by atoms with Gasteiger partial charge < -0.3 is 15.7 Å². The molecule has 0 aliphatic carbocycles. The van der Waals surface area contributed by atoms with E-state index in [9.17, 15) is 4.79 Å². The van der Waals surface area contributed by atoms with E-state index < -0.39 is 0 Å². The smallest absolute Gasteiger partial charge is 0.219 e. The standard InChI is InChI=1S/C27H56N2O2/c1-2-3-4-5-6-7-8-9-10-11-12-13-14-15-16-17-18-19-20-22-27(31)29-24-21-23-28-25-26-30/h28,30H,2-26H2,1H3,(H,29,31). The van der Waals surface area contributed by atoms with Gasteiger partial charge >= 0.3 is 0 Å². The summed E-state index contributed by atoms with van der Waals surface area (Å²) in [6.07, 6.45) is 27.8. The van der Waals surface area contributed by atoms with Gasteiger partial charge in [-0.2, -0.15) is 0 Å². The van der Waals surface area contributed by atoms with Crippen molar-refractivity contribution in [3.8, 4) is 0 Å². The second kappa shape index (κ2) is 27.4. The van der Waals surface area contributed by atoms with Gasteiger partial charge in [0.05, 0.1) is 6.61 Å². The highest BCUT2D eigenvalue weighted by atomic mass is 16.3. The van der Waals surface area contributed by atoms with Crippen LogP contribution >= 0.6 is 0 Å². The summed E-state index contributed by atoms with van der Waals surface area (Å²) in [4.78, 5) is 11.7. The highest BCUT2D eigenvalue weighted by molar-refractivity contribution is 5.75. The van der Waals surface area contributed by atoms with Crippen LogP contribution in [0.5, 0.6) is 0 Å². The minimum Gasteiger partial charge on any atom is -0.395 e. The molecular formula is C27H56N2O2. The lowest BCUT2D eigenvalue weighted by Gasteiger charge is -2.06. The number of rotatable bonds is 26. The largest absolute Gasteiger partial charge is 0.395 e. The lowest BCUT2D eigenvalue weighted by atomic mass is 10.0. The lowest BCUT2D eigenvalue weighted by molar-refractivity contribution is -0.121. The van der Waals surface area contributed by atoms with E-state index in [-0.39, 0.29) is 12.5 Å². The highest BCUT2D eigenvalue weighted by Crippen LogP contribution is 2.14. The Balaban J connectivity index is 3.09. The van der Waals surface area contributed by atoms with Gasteiger partial charge in [-0.1, -0.05) is 122 Å². The molecule has 3 N–H and O–H groups in total. The average molecular weight is 441 g/mol. The summed E-state index contributed by atoms with van der Waals surface area (Å²) in [7, 11) is 0. The van der Waals surface area contributed by atoms with Gasteiger partial charge in [-0.05, 0) is 19.4 Å². The molecule has 0 aliphatic rings. The molecule has 4 nitrogen and oxygen atoms in total. The third kappa shape index (κ3) is 27.4. The van der Waals surface area contributed by atoms with Gasteiger partial charge in [0.2, 0.25) is 5.91 Å². The van der Waals surface area contributed by atoms with Gasteiger partial charge in [0, 0.05) is 19.5 Å². The number of nitrogens with one attached hydrogen (secondary N) is 2. The molecule has 31 heavy (non-hydrogen) atoms. The highest BCUT2D eigenvalue weighted by Gasteiger charge is 2.00. The van der Waals surface area contributed by atoms with Crippen LogP contribution in [-0.2, 0) is 4.79 Å². The molecule has 0 aliphatic heterocycles. The van der Waals surface area contributed by atoms with Crippen molar-refractivity contribution in [2.75, 3.05) is 26.2 Å². The summed E-state index contributed by atoms with van der Waals surface area (Å²) in [5.41, 5.74) is 0. The molecule has 0 spiro atoms. The van der Waals surface area contributed by atoms with Gasteiger partial charge in [-0.15, -0.1) is 0 Å². The summed E-state index contributed by atoms with van der Waals surface area (Å²) in [6.45, 7) is 4.67. The Morgan fingerprint density at radius 3 is 1.39 bits per heavy atom. The van der Waals surface area contributed by atoms with E-state index in [4.69, 9.17) is 5.11 Å². The number of carbonyl (C=O) groups excluding carboxylic acids is 1. The van der Waals surface area contributed by atoms with Gasteiger partial charge in [0.25, 0.3) is 0 Å². The Morgan fingerprint density at radius 2 is 0.968 bits per heavy atom. The maximum absolute atomic E-state index is 11.7. The van der Waals surface area contributed by atoms with Crippen LogP contribution in [0, 0.1) is 0 Å². The predicted octanol–water partition coefficient (Wildman–Crippen LogP) is 6.90. The Hall–Kier alpha value is -0.610. The number of aliphatic hydroxyl groups is 1. The van der Waals surface area contributed by atoms with Crippen LogP contribution in [0.4, 0.5) is 0 Å². The topological polar surface area (TPSA) is 61.4 Å². The van der Waals surface area contributed by atoms with Crippen LogP contribution < -0.4 is 10.6 Å². The van der Waals surface area contributed by atoms with Crippen LogP contribution in [0.25, 0.3) is 0 Å². The molecule has 0 heterocycles. The number of unbranched alkanes of at least 4 members (excludes halogenated alkanes) is 18. The van der Waals surface area contributed by atoms with Crippen LogP contribution in [-0.4, -0.2) is 37.3 Å². The van der Waals surface area contributed by atoms with E-state index in [2.05, 4.69) is 17.6 Å². The molecule has 0 unspecified atom stereocenters. The molecule has 186 valence electrons. The molecular weight excluding hydrogens is 384 g/mol. The maximum Gasteiger partial charge on any atom is 0.219 e. The van der Waals surface area contributed by atoms with Gasteiger partial charge in [0.15, 0.2) is 0 Å². The monoisotopic (exact) mass is 440 g/mol. The van der Waals surface area contributed by atoms with Crippen molar-refractivity contribution < 1.29 is 9.90 Å². The first-order valence-corrected chi connectivity index (χ1v) is 13.9. The second-order valence-electron chi connectivity index (χ2n) is 9.29. The average Bonchev–Trinajstić information content (AvgIpc) is 2.77. The molecule has 0 bridgehead atoms. The fourth-order valence-corrected chi connectivity index (χ4v) is 4.10. The van der Waals surface area contributed by atoms with Crippen molar-refractivity contribution in [3.05, 3.63) is 0 Å². The van der Waals surface area contributed by atoms with Crippen LogP contribution in [0.2, 0.25) is 0 Å². The molecule has 4 heteroatoms. The predicted molar refractivity (Wildman–Crippen MR) is 136 cm³/mol. The molecule has 0 saturated heterocycles. The molecule has 0 rings (SSSR count). The summed E-state index contributed by atoms with van der Waals surface area (Å²) >= 11 is 0. The fourth-order valence-electron chi connectivity index (χ4n) is 4.10. The molecule has 0 fully saturated rings. The molecule has 0 aromatic carbocycles. The van der Waals surface area contributed by atoms with Crippen molar-refractivity contribution >= 4 is 5.91 Å². The SMILES string of the molecule is CCCCCCCCCCCCCCCCCCCCCC(=O)NCCCNCCO. The zero-order valence-electron chi connectivity index (χ0n) is 21.0. The Labute approximate surface area is 194 Å². The van der Waals surface area contributed by atoms with Crippen molar-refractivity contribution in [1.82, 2.24) is 10.6 Å². The first-order chi connectivity index (χ1) is 15.3. The number of hydrogen-bond donors (Lipinski definition) is 3. The van der Waals surface area contributed by atoms with Crippen LogP contribution in [0.1, 0.15) is 142 Å². The molecule has 0 radical (unpaired) electrons. The number of aliphatic hydroxyl groups excluding tert-OH is 1. The molecule has 0 aromatic heterocycles. The minimum absolute atomic E-state index is 0.172. The van der Waals surface area contributed by atoms with Crippen molar-refractivity contribution in [1.29, 1.82) is 0 Å². The third-order valence-electron chi connectivity index (χ3n) is 6.15. The van der Waals surface area contributed by atoms with E-state index in [1.54, 1.807) is 0 Å². The van der Waals surface area contributed by atoms with Gasteiger partial charge in [-0.25, -0.2) is 0 Å². The first-order valence-electron chi connectivity index (χ1n) is 13.9. The first kappa shape index (κ1) is 30.4. The van der Waals surface area contributed by atoms with E-state index in [0.29, 0.717) is 13.0 Å².